The van der Waals surface area contributed by atoms with Crippen LogP contribution in [0.4, 0.5) is 0 Å². The maximum Gasteiger partial charge on any atom is -0.0151 e. The summed E-state index contributed by atoms with van der Waals surface area (Å²) in [7, 11) is 0. The fourth-order valence-electron chi connectivity index (χ4n) is 3.20. The quantitative estimate of drug-likeness (QED) is 0.448. The molecule has 0 aliphatic carbocycles. The van der Waals surface area contributed by atoms with Crippen LogP contribution in [-0.2, 0) is 0 Å². The van der Waals surface area contributed by atoms with Crippen LogP contribution < -0.4 is 0 Å². The highest BCUT2D eigenvalue weighted by Crippen LogP contribution is 2.50. The number of unbranched alkanes of at least 4 members (excludes halogenated alkanes) is 2. The van der Waals surface area contributed by atoms with Gasteiger partial charge in [-0.3, -0.25) is 0 Å². The molecule has 0 heteroatoms. The van der Waals surface area contributed by atoms with Gasteiger partial charge in [0.1, 0.15) is 0 Å². The normalized spacial score (nSPS) is 15.8. The predicted octanol–water partition coefficient (Wildman–Crippen LogP) is 7.29. The molecule has 0 bridgehead atoms. The van der Waals surface area contributed by atoms with E-state index in [0.717, 1.165) is 5.92 Å². The van der Waals surface area contributed by atoms with Gasteiger partial charge >= 0.3 is 0 Å². The van der Waals surface area contributed by atoms with Crippen LogP contribution in [-0.4, -0.2) is 0 Å². The molecule has 0 aliphatic rings. The molecule has 0 saturated heterocycles. The maximum atomic E-state index is 2.43. The van der Waals surface area contributed by atoms with E-state index in [2.05, 4.69) is 69.2 Å². The largest absolute Gasteiger partial charge is 0.0654 e. The van der Waals surface area contributed by atoms with Crippen molar-refractivity contribution in [3.05, 3.63) is 5.92 Å². The van der Waals surface area contributed by atoms with Gasteiger partial charge in [-0.1, -0.05) is 88.5 Å². The number of rotatable bonds is 6. The van der Waals surface area contributed by atoms with Crippen molar-refractivity contribution in [2.24, 2.45) is 22.2 Å². The Hall–Kier alpha value is 0. The van der Waals surface area contributed by atoms with Crippen LogP contribution in [0.1, 0.15) is 101 Å². The Balaban J connectivity index is 5.20. The molecule has 0 aromatic heterocycles. The second-order valence-electron chi connectivity index (χ2n) is 9.92. The van der Waals surface area contributed by atoms with E-state index in [0.29, 0.717) is 16.2 Å². The third kappa shape index (κ3) is 7.70. The second-order valence-corrected chi connectivity index (χ2v) is 9.92. The summed E-state index contributed by atoms with van der Waals surface area (Å²) in [5, 5.41) is 0. The van der Waals surface area contributed by atoms with Gasteiger partial charge in [0.15, 0.2) is 0 Å². The van der Waals surface area contributed by atoms with Crippen molar-refractivity contribution in [2.45, 2.75) is 101 Å². The molecule has 0 saturated carbocycles. The van der Waals surface area contributed by atoms with Crippen LogP contribution in [0.5, 0.6) is 0 Å². The van der Waals surface area contributed by atoms with Crippen molar-refractivity contribution < 1.29 is 0 Å². The molecule has 0 heterocycles. The minimum atomic E-state index is 0.330. The van der Waals surface area contributed by atoms with Crippen molar-refractivity contribution in [3.63, 3.8) is 0 Å². The molecule has 0 aromatic carbocycles. The first kappa shape index (κ1) is 20.0. The molecular formula is C20H41. The fraction of sp³-hybridized carbons (Fsp3) is 0.950. The zero-order chi connectivity index (χ0) is 16.2. The molecule has 0 N–H and O–H groups in total. The SMILES string of the molecule is CCCCC[C](C(CC(C)(C)C)C(C)(C)C)C(C)(C)C. The van der Waals surface area contributed by atoms with Crippen LogP contribution in [0.25, 0.3) is 0 Å². The molecule has 1 unspecified atom stereocenters. The molecule has 1 atom stereocenters. The monoisotopic (exact) mass is 281 g/mol. The zero-order valence-corrected chi connectivity index (χ0v) is 16.1. The molecule has 0 fully saturated rings. The standard InChI is InChI=1S/C20H41/c1-11-12-13-14-16(19(5,6)7)17(20(8,9)10)15-18(2,3)4/h17H,11-15H2,1-10H3. The van der Waals surface area contributed by atoms with Gasteiger partial charge in [-0.15, -0.1) is 0 Å². The Morgan fingerprint density at radius 3 is 1.60 bits per heavy atom. The Morgan fingerprint density at radius 2 is 1.30 bits per heavy atom. The van der Waals surface area contributed by atoms with Crippen LogP contribution >= 0.6 is 0 Å². The predicted molar refractivity (Wildman–Crippen MR) is 93.9 cm³/mol. The van der Waals surface area contributed by atoms with Crippen molar-refractivity contribution in [2.75, 3.05) is 0 Å². The smallest absolute Gasteiger partial charge is 0.0151 e. The lowest BCUT2D eigenvalue weighted by molar-refractivity contribution is 0.133. The van der Waals surface area contributed by atoms with Crippen molar-refractivity contribution in [1.82, 2.24) is 0 Å². The van der Waals surface area contributed by atoms with E-state index in [4.69, 9.17) is 0 Å². The lowest BCUT2D eigenvalue weighted by Gasteiger charge is -2.46. The van der Waals surface area contributed by atoms with Crippen LogP contribution in [0.15, 0.2) is 0 Å². The first-order chi connectivity index (χ1) is 8.79. The van der Waals surface area contributed by atoms with Crippen LogP contribution in [0.2, 0.25) is 0 Å². The lowest BCUT2D eigenvalue weighted by atomic mass is 9.59. The maximum absolute atomic E-state index is 2.43. The minimum Gasteiger partial charge on any atom is -0.0654 e. The van der Waals surface area contributed by atoms with Gasteiger partial charge in [0.05, 0.1) is 0 Å². The average molecular weight is 282 g/mol. The Morgan fingerprint density at radius 1 is 0.800 bits per heavy atom. The van der Waals surface area contributed by atoms with Gasteiger partial charge in [0.25, 0.3) is 0 Å². The third-order valence-electron chi connectivity index (χ3n) is 4.30. The van der Waals surface area contributed by atoms with Gasteiger partial charge in [-0.05, 0) is 40.9 Å². The topological polar surface area (TPSA) is 0 Å². The van der Waals surface area contributed by atoms with Crippen molar-refractivity contribution in [3.8, 4) is 0 Å². The first-order valence-corrected chi connectivity index (χ1v) is 8.65. The Labute approximate surface area is 130 Å². The van der Waals surface area contributed by atoms with Gasteiger partial charge in [0, 0.05) is 0 Å². The molecule has 0 spiro atoms. The molecule has 0 aromatic rings. The summed E-state index contributed by atoms with van der Waals surface area (Å²) in [6.45, 7) is 24.0. The van der Waals surface area contributed by atoms with E-state index in [1.807, 2.05) is 0 Å². The van der Waals surface area contributed by atoms with E-state index in [1.54, 1.807) is 5.92 Å². The molecular weight excluding hydrogens is 240 g/mol. The first-order valence-electron chi connectivity index (χ1n) is 8.65. The lowest BCUT2D eigenvalue weighted by Crippen LogP contribution is -2.37. The summed E-state index contributed by atoms with van der Waals surface area (Å²) in [5.74, 6) is 2.52. The van der Waals surface area contributed by atoms with Gasteiger partial charge < -0.3 is 0 Å². The summed E-state index contributed by atoms with van der Waals surface area (Å²) in [5.41, 5.74) is 1.10. The summed E-state index contributed by atoms with van der Waals surface area (Å²) in [4.78, 5) is 0. The van der Waals surface area contributed by atoms with E-state index < -0.39 is 0 Å². The highest BCUT2D eigenvalue weighted by Gasteiger charge is 2.40. The number of hydrogen-bond acceptors (Lipinski definition) is 0. The summed E-state index contributed by atoms with van der Waals surface area (Å²) >= 11 is 0. The van der Waals surface area contributed by atoms with Crippen LogP contribution in [0.3, 0.4) is 0 Å². The van der Waals surface area contributed by atoms with E-state index in [9.17, 15) is 0 Å². The number of hydrogen-bond donors (Lipinski definition) is 0. The highest BCUT2D eigenvalue weighted by atomic mass is 14.4. The van der Waals surface area contributed by atoms with Gasteiger partial charge in [0.2, 0.25) is 0 Å². The Kier molecular flexibility index (Phi) is 7.32. The summed E-state index contributed by atoms with van der Waals surface area (Å²) in [6.07, 6.45) is 6.66. The minimum absolute atomic E-state index is 0.330. The summed E-state index contributed by atoms with van der Waals surface area (Å²) in [6, 6.07) is 0. The molecule has 0 amide bonds. The molecule has 121 valence electrons. The summed E-state index contributed by atoms with van der Waals surface area (Å²) < 4.78 is 0. The molecule has 0 nitrogen and oxygen atoms in total. The van der Waals surface area contributed by atoms with Crippen molar-refractivity contribution in [1.29, 1.82) is 0 Å². The zero-order valence-electron chi connectivity index (χ0n) is 16.1. The van der Waals surface area contributed by atoms with E-state index >= 15 is 0 Å². The fourth-order valence-corrected chi connectivity index (χ4v) is 3.20. The Bertz CT molecular complexity index is 253. The average Bonchev–Trinajstić information content (AvgIpc) is 2.17. The molecule has 0 aliphatic heterocycles. The molecule has 1 radical (unpaired) electrons. The van der Waals surface area contributed by atoms with Crippen LogP contribution in [0, 0.1) is 28.1 Å². The van der Waals surface area contributed by atoms with Crippen molar-refractivity contribution >= 4 is 0 Å². The molecule has 20 heavy (non-hydrogen) atoms. The molecule has 0 rings (SSSR count). The third-order valence-corrected chi connectivity index (χ3v) is 4.30. The second kappa shape index (κ2) is 7.32. The van der Waals surface area contributed by atoms with E-state index in [-0.39, 0.29) is 0 Å². The van der Waals surface area contributed by atoms with Gasteiger partial charge in [-0.25, -0.2) is 0 Å². The highest BCUT2D eigenvalue weighted by molar-refractivity contribution is 5.09. The van der Waals surface area contributed by atoms with Gasteiger partial charge in [-0.2, -0.15) is 0 Å². The van der Waals surface area contributed by atoms with E-state index in [1.165, 1.54) is 32.1 Å².